The average molecular weight is 268 g/mol. The highest BCUT2D eigenvalue weighted by Crippen LogP contribution is 2.20. The van der Waals surface area contributed by atoms with Gasteiger partial charge in [-0.2, -0.15) is 0 Å². The van der Waals surface area contributed by atoms with Crippen LogP contribution in [0.15, 0.2) is 48.5 Å². The molecule has 2 heteroatoms. The van der Waals surface area contributed by atoms with Crippen molar-refractivity contribution >= 4 is 5.78 Å². The zero-order valence-corrected chi connectivity index (χ0v) is 12.1. The van der Waals surface area contributed by atoms with Gasteiger partial charge < -0.3 is 4.74 Å². The molecule has 2 aromatic rings. The molecule has 0 atom stereocenters. The minimum absolute atomic E-state index is 0.134. The van der Waals surface area contributed by atoms with E-state index in [1.54, 1.807) is 0 Å². The van der Waals surface area contributed by atoms with Crippen molar-refractivity contribution in [3.05, 3.63) is 65.2 Å². The summed E-state index contributed by atoms with van der Waals surface area (Å²) in [7, 11) is 0. The molecule has 0 spiro atoms. The van der Waals surface area contributed by atoms with Gasteiger partial charge in [0, 0.05) is 6.42 Å². The van der Waals surface area contributed by atoms with Gasteiger partial charge in [-0.3, -0.25) is 4.79 Å². The molecular formula is C18H20O2. The van der Waals surface area contributed by atoms with Crippen molar-refractivity contribution in [3.63, 3.8) is 0 Å². The molecule has 0 saturated heterocycles. The number of rotatable bonds is 6. The van der Waals surface area contributed by atoms with E-state index in [0.29, 0.717) is 24.3 Å². The Morgan fingerprint density at radius 3 is 2.45 bits per heavy atom. The van der Waals surface area contributed by atoms with E-state index in [4.69, 9.17) is 4.74 Å². The number of hydrogen-bond donors (Lipinski definition) is 0. The number of carbonyl (C=O) groups excluding carboxylic acids is 1. The van der Waals surface area contributed by atoms with E-state index >= 15 is 0 Å². The predicted octanol–water partition coefficient (Wildman–Crippen LogP) is 4.21. The molecule has 0 bridgehead atoms. The molecule has 0 saturated carbocycles. The van der Waals surface area contributed by atoms with Gasteiger partial charge in [-0.15, -0.1) is 0 Å². The second-order valence-electron chi connectivity index (χ2n) is 4.84. The molecule has 0 aliphatic rings. The van der Waals surface area contributed by atoms with E-state index in [1.807, 2.05) is 31.2 Å². The second kappa shape index (κ2) is 6.90. The summed E-state index contributed by atoms with van der Waals surface area (Å²) in [4.78, 5) is 12.3. The summed E-state index contributed by atoms with van der Waals surface area (Å²) in [5.74, 6) is 0.818. The normalized spacial score (nSPS) is 10.3. The lowest BCUT2D eigenvalue weighted by Gasteiger charge is -2.09. The van der Waals surface area contributed by atoms with Gasteiger partial charge in [0.25, 0.3) is 0 Å². The number of ketones is 1. The van der Waals surface area contributed by atoms with E-state index in [0.717, 1.165) is 6.42 Å². The first-order valence-corrected chi connectivity index (χ1v) is 7.01. The molecule has 0 aliphatic carbocycles. The lowest BCUT2D eigenvalue weighted by atomic mass is 10.0. The average Bonchev–Trinajstić information content (AvgIpc) is 2.47. The minimum Gasteiger partial charge on any atom is -0.493 e. The molecule has 0 radical (unpaired) electrons. The zero-order valence-electron chi connectivity index (χ0n) is 12.1. The van der Waals surface area contributed by atoms with Crippen LogP contribution in [0, 0.1) is 6.92 Å². The molecular weight excluding hydrogens is 248 g/mol. The Balaban J connectivity index is 2.03. The quantitative estimate of drug-likeness (QED) is 0.734. The topological polar surface area (TPSA) is 26.3 Å². The Bertz CT molecular complexity index is 570. The van der Waals surface area contributed by atoms with Gasteiger partial charge in [-0.25, -0.2) is 0 Å². The molecule has 0 heterocycles. The number of ether oxygens (including phenoxy) is 1. The maximum Gasteiger partial charge on any atom is 0.166 e. The number of benzene rings is 2. The molecule has 2 rings (SSSR count). The maximum absolute atomic E-state index is 12.3. The van der Waals surface area contributed by atoms with E-state index < -0.39 is 0 Å². The van der Waals surface area contributed by atoms with Crippen molar-refractivity contribution in [2.24, 2.45) is 0 Å². The van der Waals surface area contributed by atoms with Crippen LogP contribution in [0.25, 0.3) is 0 Å². The van der Waals surface area contributed by atoms with Gasteiger partial charge in [-0.1, -0.05) is 42.0 Å². The smallest absolute Gasteiger partial charge is 0.166 e. The Morgan fingerprint density at radius 1 is 1.05 bits per heavy atom. The van der Waals surface area contributed by atoms with E-state index in [1.165, 1.54) is 11.1 Å². The van der Waals surface area contributed by atoms with Crippen LogP contribution in [0.4, 0.5) is 0 Å². The van der Waals surface area contributed by atoms with E-state index in [-0.39, 0.29) is 5.78 Å². The first-order valence-electron chi connectivity index (χ1n) is 7.01. The Kier molecular flexibility index (Phi) is 4.94. The van der Waals surface area contributed by atoms with Crippen LogP contribution < -0.4 is 4.74 Å². The van der Waals surface area contributed by atoms with Crippen molar-refractivity contribution in [2.75, 3.05) is 6.61 Å². The molecule has 0 aliphatic heterocycles. The second-order valence-corrected chi connectivity index (χ2v) is 4.84. The van der Waals surface area contributed by atoms with Gasteiger partial charge in [0.1, 0.15) is 5.75 Å². The van der Waals surface area contributed by atoms with Crippen LogP contribution in [0.5, 0.6) is 5.75 Å². The fourth-order valence-electron chi connectivity index (χ4n) is 2.13. The van der Waals surface area contributed by atoms with Gasteiger partial charge in [0.05, 0.1) is 12.2 Å². The summed E-state index contributed by atoms with van der Waals surface area (Å²) in [5, 5.41) is 0. The van der Waals surface area contributed by atoms with Crippen molar-refractivity contribution in [3.8, 4) is 5.75 Å². The Labute approximate surface area is 120 Å². The third-order valence-corrected chi connectivity index (χ3v) is 3.25. The van der Waals surface area contributed by atoms with Crippen LogP contribution in [0.3, 0.4) is 0 Å². The molecule has 0 amide bonds. The van der Waals surface area contributed by atoms with Gasteiger partial charge in [0.2, 0.25) is 0 Å². The van der Waals surface area contributed by atoms with Crippen LogP contribution in [-0.2, 0) is 6.42 Å². The Hall–Kier alpha value is -2.09. The minimum atomic E-state index is 0.134. The zero-order chi connectivity index (χ0) is 14.4. The number of carbonyl (C=O) groups is 1. The number of aryl methyl sites for hydroxylation is 2. The highest BCUT2D eigenvalue weighted by molar-refractivity contribution is 5.98. The third-order valence-electron chi connectivity index (χ3n) is 3.25. The molecule has 104 valence electrons. The Morgan fingerprint density at radius 2 is 1.75 bits per heavy atom. The summed E-state index contributed by atoms with van der Waals surface area (Å²) in [5.41, 5.74) is 3.11. The fraction of sp³-hybridized carbons (Fsp3) is 0.278. The van der Waals surface area contributed by atoms with Gasteiger partial charge in [-0.05, 0) is 38.0 Å². The van der Waals surface area contributed by atoms with Crippen molar-refractivity contribution < 1.29 is 9.53 Å². The molecule has 2 aromatic carbocycles. The highest BCUT2D eigenvalue weighted by atomic mass is 16.5. The third kappa shape index (κ3) is 3.70. The molecule has 2 nitrogen and oxygen atoms in total. The van der Waals surface area contributed by atoms with E-state index in [9.17, 15) is 4.79 Å². The number of Topliss-reactive ketones (excluding diaryl/α,β-unsaturated/α-hetero) is 1. The standard InChI is InChI=1S/C18H20O2/c1-3-20-18-7-5-4-6-16(18)17(19)13-12-15-10-8-14(2)9-11-15/h4-11H,3,12-13H2,1-2H3. The molecule has 0 aromatic heterocycles. The van der Waals surface area contributed by atoms with Crippen LogP contribution in [0.2, 0.25) is 0 Å². The van der Waals surface area contributed by atoms with E-state index in [2.05, 4.69) is 31.2 Å². The summed E-state index contributed by atoms with van der Waals surface area (Å²) in [6.07, 6.45) is 1.27. The molecule has 0 fully saturated rings. The van der Waals surface area contributed by atoms with Crippen LogP contribution >= 0.6 is 0 Å². The maximum atomic E-state index is 12.3. The summed E-state index contributed by atoms with van der Waals surface area (Å²) in [6, 6.07) is 15.8. The fourth-order valence-corrected chi connectivity index (χ4v) is 2.13. The molecule has 0 unspecified atom stereocenters. The lowest BCUT2D eigenvalue weighted by molar-refractivity contribution is 0.0979. The SMILES string of the molecule is CCOc1ccccc1C(=O)CCc1ccc(C)cc1. The predicted molar refractivity (Wildman–Crippen MR) is 81.4 cm³/mol. The van der Waals surface area contributed by atoms with Gasteiger partial charge >= 0.3 is 0 Å². The van der Waals surface area contributed by atoms with Crippen molar-refractivity contribution in [1.29, 1.82) is 0 Å². The van der Waals surface area contributed by atoms with Crippen molar-refractivity contribution in [1.82, 2.24) is 0 Å². The molecule has 20 heavy (non-hydrogen) atoms. The van der Waals surface area contributed by atoms with Gasteiger partial charge in [0.15, 0.2) is 5.78 Å². The molecule has 0 N–H and O–H groups in total. The summed E-state index contributed by atoms with van der Waals surface area (Å²) in [6.45, 7) is 4.56. The van der Waals surface area contributed by atoms with Crippen molar-refractivity contribution in [2.45, 2.75) is 26.7 Å². The number of para-hydroxylation sites is 1. The first kappa shape index (κ1) is 14.3. The lowest BCUT2D eigenvalue weighted by Crippen LogP contribution is -2.05. The largest absolute Gasteiger partial charge is 0.493 e. The number of hydrogen-bond acceptors (Lipinski definition) is 2. The first-order chi connectivity index (χ1) is 9.70. The summed E-state index contributed by atoms with van der Waals surface area (Å²) >= 11 is 0. The van der Waals surface area contributed by atoms with Crippen LogP contribution in [-0.4, -0.2) is 12.4 Å². The van der Waals surface area contributed by atoms with Crippen LogP contribution in [0.1, 0.15) is 34.8 Å². The summed E-state index contributed by atoms with van der Waals surface area (Å²) < 4.78 is 5.51. The monoisotopic (exact) mass is 268 g/mol. The highest BCUT2D eigenvalue weighted by Gasteiger charge is 2.11.